The van der Waals surface area contributed by atoms with E-state index in [-0.39, 0.29) is 24.1 Å². The van der Waals surface area contributed by atoms with E-state index < -0.39 is 6.04 Å². The Kier molecular flexibility index (Phi) is 7.92. The first-order chi connectivity index (χ1) is 17.0. The quantitative estimate of drug-likeness (QED) is 0.526. The molecule has 2 heterocycles. The maximum Gasteiger partial charge on any atom is 0.254 e. The molecule has 0 saturated carbocycles. The molecule has 8 nitrogen and oxygen atoms in total. The highest BCUT2D eigenvalue weighted by Gasteiger charge is 2.26. The molecule has 8 heteroatoms. The lowest BCUT2D eigenvalue weighted by atomic mass is 9.95. The van der Waals surface area contributed by atoms with Crippen LogP contribution in [0.3, 0.4) is 0 Å². The molecule has 4 rings (SSSR count). The first-order valence-electron chi connectivity index (χ1n) is 11.9. The van der Waals surface area contributed by atoms with Crippen LogP contribution in [0.15, 0.2) is 73.1 Å². The highest BCUT2D eigenvalue weighted by Crippen LogP contribution is 2.22. The van der Waals surface area contributed by atoms with Gasteiger partial charge in [0.05, 0.1) is 24.2 Å². The van der Waals surface area contributed by atoms with E-state index in [1.807, 2.05) is 53.4 Å². The van der Waals surface area contributed by atoms with E-state index in [4.69, 9.17) is 0 Å². The van der Waals surface area contributed by atoms with Gasteiger partial charge in [0.15, 0.2) is 0 Å². The van der Waals surface area contributed by atoms with Crippen molar-refractivity contribution in [3.05, 3.63) is 89.7 Å². The summed E-state index contributed by atoms with van der Waals surface area (Å²) in [6.07, 6.45) is 5.09. The number of carbonyl (C=O) groups excluding carboxylic acids is 3. The van der Waals surface area contributed by atoms with E-state index in [1.54, 1.807) is 36.3 Å². The summed E-state index contributed by atoms with van der Waals surface area (Å²) in [4.78, 5) is 40.1. The standard InChI is InChI=1S/C27H31N5O3/c1-31-19-23(18-29-31)26(34)28-17-20-12-14-32(15-13-20)25(33)16-24(21-8-4-2-5-9-21)30-27(35)22-10-6-3-7-11-22/h2-11,18-20,24H,12-17H2,1H3,(H,28,34)(H,30,35). The van der Waals surface area contributed by atoms with Crippen molar-refractivity contribution in [2.24, 2.45) is 13.0 Å². The minimum Gasteiger partial charge on any atom is -0.352 e. The second-order valence-corrected chi connectivity index (χ2v) is 8.94. The number of piperidine rings is 1. The molecule has 1 atom stereocenters. The minimum atomic E-state index is -0.409. The lowest BCUT2D eigenvalue weighted by molar-refractivity contribution is -0.133. The van der Waals surface area contributed by atoms with Crippen molar-refractivity contribution in [2.45, 2.75) is 25.3 Å². The number of hydrogen-bond donors (Lipinski definition) is 2. The van der Waals surface area contributed by atoms with Gasteiger partial charge in [-0.2, -0.15) is 5.10 Å². The smallest absolute Gasteiger partial charge is 0.254 e. The Bertz CT molecular complexity index is 1140. The molecule has 3 aromatic rings. The summed E-state index contributed by atoms with van der Waals surface area (Å²) < 4.78 is 1.60. The molecule has 1 fully saturated rings. The number of carbonyl (C=O) groups is 3. The van der Waals surface area contributed by atoms with Gasteiger partial charge in [0.2, 0.25) is 5.91 Å². The number of likely N-dealkylation sites (tertiary alicyclic amines) is 1. The Labute approximate surface area is 205 Å². The number of nitrogens with one attached hydrogen (secondary N) is 2. The first kappa shape index (κ1) is 24.2. The molecule has 2 aromatic carbocycles. The van der Waals surface area contributed by atoms with Gasteiger partial charge in [0.1, 0.15) is 0 Å². The molecule has 2 N–H and O–H groups in total. The Balaban J connectivity index is 1.30. The SMILES string of the molecule is Cn1cc(C(=O)NCC2CCN(C(=O)CC(NC(=O)c3ccccc3)c3ccccc3)CC2)cn1. The van der Waals surface area contributed by atoms with Crippen molar-refractivity contribution >= 4 is 17.7 Å². The van der Waals surface area contributed by atoms with Gasteiger partial charge in [-0.05, 0) is 36.5 Å². The molecule has 3 amide bonds. The van der Waals surface area contributed by atoms with Crippen LogP contribution < -0.4 is 10.6 Å². The molecule has 1 aromatic heterocycles. The summed E-state index contributed by atoms with van der Waals surface area (Å²) in [6.45, 7) is 1.86. The van der Waals surface area contributed by atoms with Crippen LogP contribution in [0, 0.1) is 5.92 Å². The number of nitrogens with zero attached hydrogens (tertiary/aromatic N) is 3. The fraction of sp³-hybridized carbons (Fsp3) is 0.333. The van der Waals surface area contributed by atoms with Gasteiger partial charge in [-0.3, -0.25) is 19.1 Å². The molecule has 0 spiro atoms. The number of aryl methyl sites for hydroxylation is 1. The average Bonchev–Trinajstić information content (AvgIpc) is 3.34. The summed E-state index contributed by atoms with van der Waals surface area (Å²) in [7, 11) is 1.78. The third-order valence-electron chi connectivity index (χ3n) is 6.41. The molecule has 1 aliphatic rings. The van der Waals surface area contributed by atoms with Gasteiger partial charge in [-0.15, -0.1) is 0 Å². The van der Waals surface area contributed by atoms with E-state index in [9.17, 15) is 14.4 Å². The Morgan fingerprint density at radius 3 is 2.23 bits per heavy atom. The second kappa shape index (κ2) is 11.5. The van der Waals surface area contributed by atoms with Gasteiger partial charge < -0.3 is 15.5 Å². The van der Waals surface area contributed by atoms with Crippen LogP contribution in [0.5, 0.6) is 0 Å². The van der Waals surface area contributed by atoms with Crippen molar-refractivity contribution in [3.63, 3.8) is 0 Å². The maximum absolute atomic E-state index is 13.2. The molecule has 1 unspecified atom stereocenters. The highest BCUT2D eigenvalue weighted by molar-refractivity contribution is 5.95. The largest absolute Gasteiger partial charge is 0.352 e. The predicted molar refractivity (Wildman–Crippen MR) is 133 cm³/mol. The molecular weight excluding hydrogens is 442 g/mol. The van der Waals surface area contributed by atoms with E-state index in [0.29, 0.717) is 36.7 Å². The Hall–Kier alpha value is -3.94. The van der Waals surface area contributed by atoms with Crippen LogP contribution in [0.25, 0.3) is 0 Å². The van der Waals surface area contributed by atoms with Crippen LogP contribution in [0.4, 0.5) is 0 Å². The van der Waals surface area contributed by atoms with E-state index in [1.165, 1.54) is 0 Å². The van der Waals surface area contributed by atoms with Gasteiger partial charge in [-0.25, -0.2) is 0 Å². The Morgan fingerprint density at radius 1 is 0.943 bits per heavy atom. The van der Waals surface area contributed by atoms with E-state index in [2.05, 4.69) is 15.7 Å². The van der Waals surface area contributed by atoms with Crippen LogP contribution >= 0.6 is 0 Å². The van der Waals surface area contributed by atoms with Crippen LogP contribution in [0.1, 0.15) is 51.6 Å². The lowest BCUT2D eigenvalue weighted by Gasteiger charge is -2.33. The van der Waals surface area contributed by atoms with Crippen molar-refractivity contribution in [2.75, 3.05) is 19.6 Å². The van der Waals surface area contributed by atoms with Gasteiger partial charge in [0, 0.05) is 38.4 Å². The maximum atomic E-state index is 13.2. The van der Waals surface area contributed by atoms with E-state index in [0.717, 1.165) is 18.4 Å². The highest BCUT2D eigenvalue weighted by atomic mass is 16.2. The lowest BCUT2D eigenvalue weighted by Crippen LogP contribution is -2.43. The van der Waals surface area contributed by atoms with Crippen molar-refractivity contribution in [1.82, 2.24) is 25.3 Å². The minimum absolute atomic E-state index is 0.0186. The van der Waals surface area contributed by atoms with Gasteiger partial charge >= 0.3 is 0 Å². The molecule has 1 aliphatic heterocycles. The zero-order valence-corrected chi connectivity index (χ0v) is 19.9. The van der Waals surface area contributed by atoms with Crippen LogP contribution in [-0.4, -0.2) is 52.0 Å². The summed E-state index contributed by atoms with van der Waals surface area (Å²) in [5.41, 5.74) is 2.01. The zero-order chi connectivity index (χ0) is 24.6. The normalized spacial score (nSPS) is 14.8. The first-order valence-corrected chi connectivity index (χ1v) is 11.9. The van der Waals surface area contributed by atoms with Crippen molar-refractivity contribution in [1.29, 1.82) is 0 Å². The molecule has 0 bridgehead atoms. The van der Waals surface area contributed by atoms with Crippen LogP contribution in [-0.2, 0) is 11.8 Å². The predicted octanol–water partition coefficient (Wildman–Crippen LogP) is 2.95. The third kappa shape index (κ3) is 6.56. The zero-order valence-electron chi connectivity index (χ0n) is 19.9. The topological polar surface area (TPSA) is 96.3 Å². The molecule has 182 valence electrons. The number of hydrogen-bond acceptors (Lipinski definition) is 4. The van der Waals surface area contributed by atoms with Crippen molar-refractivity contribution in [3.8, 4) is 0 Å². The fourth-order valence-electron chi connectivity index (χ4n) is 4.34. The monoisotopic (exact) mass is 473 g/mol. The summed E-state index contributed by atoms with van der Waals surface area (Å²) >= 11 is 0. The van der Waals surface area contributed by atoms with Crippen molar-refractivity contribution < 1.29 is 14.4 Å². The summed E-state index contributed by atoms with van der Waals surface area (Å²) in [5, 5.41) is 10.0. The number of rotatable bonds is 8. The van der Waals surface area contributed by atoms with Gasteiger partial charge in [-0.1, -0.05) is 48.5 Å². The molecule has 0 radical (unpaired) electrons. The van der Waals surface area contributed by atoms with Crippen LogP contribution in [0.2, 0.25) is 0 Å². The molecule has 35 heavy (non-hydrogen) atoms. The fourth-order valence-corrected chi connectivity index (χ4v) is 4.34. The Morgan fingerprint density at radius 2 is 1.60 bits per heavy atom. The molecule has 1 saturated heterocycles. The molecular formula is C27H31N5O3. The molecule has 0 aliphatic carbocycles. The third-order valence-corrected chi connectivity index (χ3v) is 6.41. The average molecular weight is 474 g/mol. The number of aromatic nitrogens is 2. The second-order valence-electron chi connectivity index (χ2n) is 8.94. The summed E-state index contributed by atoms with van der Waals surface area (Å²) in [5.74, 6) is 0.0132. The van der Waals surface area contributed by atoms with E-state index >= 15 is 0 Å². The number of amides is 3. The summed E-state index contributed by atoms with van der Waals surface area (Å²) in [6, 6.07) is 18.2. The number of benzene rings is 2. The van der Waals surface area contributed by atoms with Gasteiger partial charge in [0.25, 0.3) is 11.8 Å².